The zero-order chi connectivity index (χ0) is 14.2. The van der Waals surface area contributed by atoms with E-state index in [1.54, 1.807) is 0 Å². The third kappa shape index (κ3) is 2.39. The van der Waals surface area contributed by atoms with Crippen molar-refractivity contribution in [3.05, 3.63) is 35.9 Å². The normalized spacial score (nSPS) is 42.9. The maximum Gasteiger partial charge on any atom is 0.0518 e. The van der Waals surface area contributed by atoms with E-state index in [1.807, 2.05) is 0 Å². The average Bonchev–Trinajstić information content (AvgIpc) is 3.15. The number of rotatable bonds is 2. The quantitative estimate of drug-likeness (QED) is 0.545. The van der Waals surface area contributed by atoms with E-state index in [0.29, 0.717) is 36.0 Å². The van der Waals surface area contributed by atoms with Gasteiger partial charge in [-0.2, -0.15) is 0 Å². The summed E-state index contributed by atoms with van der Waals surface area (Å²) in [6.45, 7) is 0.997. The van der Waals surface area contributed by atoms with E-state index in [-0.39, 0.29) is 0 Å². The van der Waals surface area contributed by atoms with E-state index in [1.165, 1.54) is 18.4 Å². The standard InChI is InChI=1S/C16H25N5/c17-13-8-4-7-11-15(20-21-16(11)13)12-9-18-19-14(12)10-5-2-1-3-6-10/h1-3,5-6,11-16,18-21H,4,7-9,17H2. The van der Waals surface area contributed by atoms with Gasteiger partial charge >= 0.3 is 0 Å². The predicted molar refractivity (Wildman–Crippen MR) is 83.0 cm³/mol. The SMILES string of the molecule is NC1CCCC2C1NNC2C1CNNC1c1ccccc1. The summed E-state index contributed by atoms with van der Waals surface area (Å²) in [7, 11) is 0. The van der Waals surface area contributed by atoms with Gasteiger partial charge in [-0.15, -0.1) is 0 Å². The second kappa shape index (κ2) is 5.66. The minimum atomic E-state index is 0.291. The number of fused-ring (bicyclic) bond motifs is 1. The van der Waals surface area contributed by atoms with Gasteiger partial charge in [0, 0.05) is 30.6 Å². The summed E-state index contributed by atoms with van der Waals surface area (Å²) in [5, 5.41) is 0. The Morgan fingerprint density at radius 2 is 1.71 bits per heavy atom. The van der Waals surface area contributed by atoms with Crippen LogP contribution in [-0.4, -0.2) is 24.7 Å². The number of nitrogens with two attached hydrogens (primary N) is 1. The first kappa shape index (κ1) is 13.7. The molecule has 1 aromatic carbocycles. The van der Waals surface area contributed by atoms with E-state index in [2.05, 4.69) is 52.0 Å². The maximum absolute atomic E-state index is 6.29. The van der Waals surface area contributed by atoms with Gasteiger partial charge in [-0.25, -0.2) is 5.43 Å². The first-order chi connectivity index (χ1) is 10.3. The summed E-state index contributed by atoms with van der Waals surface area (Å²) >= 11 is 0. The molecular formula is C16H25N5. The van der Waals surface area contributed by atoms with Crippen molar-refractivity contribution in [3.63, 3.8) is 0 Å². The van der Waals surface area contributed by atoms with Crippen molar-refractivity contribution in [2.45, 2.75) is 43.4 Å². The van der Waals surface area contributed by atoms with Crippen LogP contribution in [0, 0.1) is 11.8 Å². The molecule has 2 saturated heterocycles. The molecule has 2 heterocycles. The summed E-state index contributed by atoms with van der Waals surface area (Å²) in [4.78, 5) is 0. The van der Waals surface area contributed by atoms with Crippen molar-refractivity contribution in [2.75, 3.05) is 6.54 Å². The summed E-state index contributed by atoms with van der Waals surface area (Å²) in [6, 6.07) is 12.3. The zero-order valence-corrected chi connectivity index (χ0v) is 12.3. The molecule has 114 valence electrons. The Morgan fingerprint density at radius 3 is 2.57 bits per heavy atom. The molecule has 1 aliphatic carbocycles. The molecule has 0 bridgehead atoms. The Kier molecular flexibility index (Phi) is 3.69. The van der Waals surface area contributed by atoms with Gasteiger partial charge in [0.25, 0.3) is 0 Å². The summed E-state index contributed by atoms with van der Waals surface area (Å²) in [6.07, 6.45) is 3.68. The molecule has 5 heteroatoms. The molecule has 0 amide bonds. The molecule has 1 aromatic rings. The highest BCUT2D eigenvalue weighted by atomic mass is 15.5. The summed E-state index contributed by atoms with van der Waals surface area (Å²) in [5.41, 5.74) is 21.5. The van der Waals surface area contributed by atoms with Gasteiger partial charge in [0.1, 0.15) is 0 Å². The van der Waals surface area contributed by atoms with Crippen LogP contribution >= 0.6 is 0 Å². The fraction of sp³-hybridized carbons (Fsp3) is 0.625. The second-order valence-electron chi connectivity index (χ2n) is 6.68. The number of hydrogen-bond acceptors (Lipinski definition) is 5. The van der Waals surface area contributed by atoms with E-state index in [0.717, 1.165) is 13.0 Å². The monoisotopic (exact) mass is 287 g/mol. The molecule has 2 aliphatic heterocycles. The molecule has 3 fully saturated rings. The minimum absolute atomic E-state index is 0.291. The van der Waals surface area contributed by atoms with Crippen LogP contribution in [0.4, 0.5) is 0 Å². The number of nitrogens with one attached hydrogen (secondary N) is 4. The Bertz CT molecular complexity index is 479. The lowest BCUT2D eigenvalue weighted by Crippen LogP contribution is -2.48. The largest absolute Gasteiger partial charge is 0.326 e. The second-order valence-corrected chi connectivity index (χ2v) is 6.68. The lowest BCUT2D eigenvalue weighted by atomic mass is 9.73. The first-order valence-electron chi connectivity index (χ1n) is 8.14. The molecule has 21 heavy (non-hydrogen) atoms. The number of hydrogen-bond donors (Lipinski definition) is 5. The molecule has 4 rings (SSSR count). The van der Waals surface area contributed by atoms with Gasteiger partial charge in [-0.3, -0.25) is 16.3 Å². The molecule has 0 spiro atoms. The Morgan fingerprint density at radius 1 is 0.905 bits per heavy atom. The van der Waals surface area contributed by atoms with Crippen molar-refractivity contribution in [1.29, 1.82) is 0 Å². The predicted octanol–water partition coefficient (Wildman–Crippen LogP) is 0.424. The van der Waals surface area contributed by atoms with Crippen molar-refractivity contribution in [1.82, 2.24) is 21.7 Å². The summed E-state index contributed by atoms with van der Waals surface area (Å²) in [5.74, 6) is 1.19. The highest BCUT2D eigenvalue weighted by Gasteiger charge is 2.47. The topological polar surface area (TPSA) is 74.1 Å². The van der Waals surface area contributed by atoms with Crippen LogP contribution in [0.2, 0.25) is 0 Å². The van der Waals surface area contributed by atoms with Crippen LogP contribution in [0.25, 0.3) is 0 Å². The molecule has 6 atom stereocenters. The molecular weight excluding hydrogens is 262 g/mol. The van der Waals surface area contributed by atoms with Crippen LogP contribution < -0.4 is 27.4 Å². The zero-order valence-electron chi connectivity index (χ0n) is 12.3. The molecule has 3 aliphatic rings. The molecule has 0 radical (unpaired) electrons. The van der Waals surface area contributed by atoms with Crippen molar-refractivity contribution >= 4 is 0 Å². The van der Waals surface area contributed by atoms with E-state index >= 15 is 0 Å². The van der Waals surface area contributed by atoms with Crippen molar-refractivity contribution in [2.24, 2.45) is 17.6 Å². The highest BCUT2D eigenvalue weighted by Crippen LogP contribution is 2.37. The van der Waals surface area contributed by atoms with Gasteiger partial charge in [-0.1, -0.05) is 36.8 Å². The average molecular weight is 287 g/mol. The Hall–Kier alpha value is -0.980. The fourth-order valence-electron chi connectivity index (χ4n) is 4.44. The van der Waals surface area contributed by atoms with Gasteiger partial charge in [0.2, 0.25) is 0 Å². The Labute approximate surface area is 126 Å². The lowest BCUT2D eigenvalue weighted by molar-refractivity contribution is 0.232. The highest BCUT2D eigenvalue weighted by molar-refractivity contribution is 5.22. The van der Waals surface area contributed by atoms with Crippen molar-refractivity contribution < 1.29 is 0 Å². The van der Waals surface area contributed by atoms with E-state index < -0.39 is 0 Å². The van der Waals surface area contributed by atoms with Gasteiger partial charge in [0.15, 0.2) is 0 Å². The van der Waals surface area contributed by atoms with Gasteiger partial charge in [0.05, 0.1) is 6.04 Å². The molecule has 6 unspecified atom stereocenters. The third-order valence-corrected chi connectivity index (χ3v) is 5.52. The molecule has 1 saturated carbocycles. The molecule has 5 nitrogen and oxygen atoms in total. The van der Waals surface area contributed by atoms with Crippen LogP contribution in [0.3, 0.4) is 0 Å². The van der Waals surface area contributed by atoms with Crippen molar-refractivity contribution in [3.8, 4) is 0 Å². The number of hydrazine groups is 2. The lowest BCUT2D eigenvalue weighted by Gasteiger charge is -2.35. The van der Waals surface area contributed by atoms with Crippen LogP contribution in [0.15, 0.2) is 30.3 Å². The van der Waals surface area contributed by atoms with Crippen LogP contribution in [0.5, 0.6) is 0 Å². The smallest absolute Gasteiger partial charge is 0.0518 e. The van der Waals surface area contributed by atoms with Crippen LogP contribution in [0.1, 0.15) is 30.9 Å². The molecule has 6 N–H and O–H groups in total. The summed E-state index contributed by atoms with van der Waals surface area (Å²) < 4.78 is 0. The van der Waals surface area contributed by atoms with E-state index in [4.69, 9.17) is 5.73 Å². The first-order valence-corrected chi connectivity index (χ1v) is 8.14. The maximum atomic E-state index is 6.29. The minimum Gasteiger partial charge on any atom is -0.326 e. The van der Waals surface area contributed by atoms with Gasteiger partial charge < -0.3 is 5.73 Å². The fourth-order valence-corrected chi connectivity index (χ4v) is 4.44. The van der Waals surface area contributed by atoms with Gasteiger partial charge in [-0.05, 0) is 24.3 Å². The van der Waals surface area contributed by atoms with Crippen LogP contribution in [-0.2, 0) is 0 Å². The Balaban J connectivity index is 1.55. The number of benzene rings is 1. The third-order valence-electron chi connectivity index (χ3n) is 5.52. The molecule has 0 aromatic heterocycles. The van der Waals surface area contributed by atoms with E-state index in [9.17, 15) is 0 Å².